The van der Waals surface area contributed by atoms with Gasteiger partial charge in [-0.25, -0.2) is 9.79 Å². The molecule has 1 aliphatic heterocycles. The zero-order valence-corrected chi connectivity index (χ0v) is 25.7. The summed E-state index contributed by atoms with van der Waals surface area (Å²) < 4.78 is 25.6. The van der Waals surface area contributed by atoms with Gasteiger partial charge in [0, 0.05) is 9.13 Å². The van der Waals surface area contributed by atoms with E-state index in [2.05, 4.69) is 27.6 Å². The Morgan fingerprint density at radius 2 is 1.90 bits per heavy atom. The Bertz CT molecular complexity index is 1590. The van der Waals surface area contributed by atoms with Crippen molar-refractivity contribution in [2.75, 3.05) is 20.3 Å². The lowest BCUT2D eigenvalue weighted by atomic mass is 9.96. The number of nitrogens with zero attached hydrogens (tertiary/aromatic N) is 2. The van der Waals surface area contributed by atoms with Crippen molar-refractivity contribution in [2.24, 2.45) is 4.99 Å². The molecule has 10 heteroatoms. The molecule has 2 aromatic carbocycles. The summed E-state index contributed by atoms with van der Waals surface area (Å²) in [7, 11) is 1.59. The van der Waals surface area contributed by atoms with Crippen LogP contribution in [0.4, 0.5) is 0 Å². The number of hydrogen-bond donors (Lipinski definition) is 0. The molecule has 0 saturated carbocycles. The van der Waals surface area contributed by atoms with Crippen molar-refractivity contribution >= 4 is 46.0 Å². The van der Waals surface area contributed by atoms with E-state index in [-0.39, 0.29) is 18.3 Å². The monoisotopic (exact) mass is 662 g/mol. The maximum atomic E-state index is 14.0. The van der Waals surface area contributed by atoms with Crippen LogP contribution in [0, 0.1) is 3.57 Å². The maximum Gasteiger partial charge on any atom is 0.338 e. The molecule has 4 rings (SSSR count). The number of aromatic nitrogens is 1. The summed E-state index contributed by atoms with van der Waals surface area (Å²) in [6.45, 7) is 10.1. The van der Waals surface area contributed by atoms with E-state index in [9.17, 15) is 9.59 Å². The fourth-order valence-corrected chi connectivity index (χ4v) is 6.03. The molecule has 0 radical (unpaired) electrons. The van der Waals surface area contributed by atoms with Crippen molar-refractivity contribution in [1.82, 2.24) is 4.57 Å². The number of ether oxygens (including phenoxy) is 4. The lowest BCUT2D eigenvalue weighted by Gasteiger charge is -2.24. The van der Waals surface area contributed by atoms with Gasteiger partial charge in [0.05, 0.1) is 48.3 Å². The van der Waals surface area contributed by atoms with E-state index < -0.39 is 12.0 Å². The predicted molar refractivity (Wildman–Crippen MR) is 159 cm³/mol. The Hall–Kier alpha value is -3.12. The number of hydrogen-bond acceptors (Lipinski definition) is 8. The Morgan fingerprint density at radius 3 is 2.51 bits per heavy atom. The molecular weight excluding hydrogens is 631 g/mol. The number of thiazole rings is 1. The minimum atomic E-state index is -0.699. The second-order valence-corrected chi connectivity index (χ2v) is 11.3. The van der Waals surface area contributed by atoms with Crippen LogP contribution in [0.15, 0.2) is 57.5 Å². The van der Waals surface area contributed by atoms with Gasteiger partial charge in [-0.2, -0.15) is 0 Å². The van der Waals surface area contributed by atoms with Gasteiger partial charge >= 0.3 is 5.97 Å². The number of esters is 1. The number of methoxy groups -OCH3 is 1. The molecule has 3 aromatic rings. The number of allylic oxidation sites excluding steroid dienone is 1. The van der Waals surface area contributed by atoms with Gasteiger partial charge in [-0.15, -0.1) is 0 Å². The molecule has 1 aliphatic rings. The van der Waals surface area contributed by atoms with Crippen molar-refractivity contribution in [3.05, 3.63) is 82.1 Å². The van der Waals surface area contributed by atoms with E-state index >= 15 is 0 Å². The lowest BCUT2D eigenvalue weighted by molar-refractivity contribution is -0.139. The molecule has 39 heavy (non-hydrogen) atoms. The molecule has 0 fully saturated rings. The molecule has 0 unspecified atom stereocenters. The van der Waals surface area contributed by atoms with Crippen LogP contribution < -0.4 is 29.1 Å². The SMILES string of the molecule is CCOC(=O)C1=C(C)N=c2s/c(=C\c3cc(I)cc(OC)c3OC(C)C)c(=O)n2[C@H]1c1ccc(OCC)cc1. The number of benzene rings is 2. The van der Waals surface area contributed by atoms with Gasteiger partial charge in [0.25, 0.3) is 5.56 Å². The molecule has 0 N–H and O–H groups in total. The normalized spacial score (nSPS) is 15.2. The van der Waals surface area contributed by atoms with Crippen LogP contribution in [-0.2, 0) is 9.53 Å². The van der Waals surface area contributed by atoms with Gasteiger partial charge in [0.15, 0.2) is 16.3 Å². The predicted octanol–water partition coefficient (Wildman–Crippen LogP) is 4.60. The topological polar surface area (TPSA) is 88.4 Å². The van der Waals surface area contributed by atoms with Crippen molar-refractivity contribution in [2.45, 2.75) is 46.8 Å². The highest BCUT2D eigenvalue weighted by molar-refractivity contribution is 14.1. The third-order valence-electron chi connectivity index (χ3n) is 5.93. The molecule has 0 bridgehead atoms. The number of fused-ring (bicyclic) bond motifs is 1. The third-order valence-corrected chi connectivity index (χ3v) is 7.54. The smallest absolute Gasteiger partial charge is 0.338 e. The van der Waals surface area contributed by atoms with Gasteiger partial charge in [0.2, 0.25) is 0 Å². The summed E-state index contributed by atoms with van der Waals surface area (Å²) in [5, 5.41) is 0. The van der Waals surface area contributed by atoms with Crippen LogP contribution in [0.1, 0.15) is 51.8 Å². The second-order valence-electron chi connectivity index (χ2n) is 9.00. The van der Waals surface area contributed by atoms with Gasteiger partial charge < -0.3 is 18.9 Å². The fraction of sp³-hybridized carbons (Fsp3) is 0.345. The van der Waals surface area contributed by atoms with Gasteiger partial charge in [-0.05, 0) is 93.1 Å². The molecule has 206 valence electrons. The summed E-state index contributed by atoms with van der Waals surface area (Å²) in [6, 6.07) is 10.5. The van der Waals surface area contributed by atoms with E-state index in [1.807, 2.05) is 57.2 Å². The maximum absolute atomic E-state index is 14.0. The Balaban J connectivity index is 1.95. The molecule has 2 heterocycles. The highest BCUT2D eigenvalue weighted by Crippen LogP contribution is 2.35. The number of rotatable bonds is 9. The van der Waals surface area contributed by atoms with Gasteiger partial charge in [0.1, 0.15) is 5.75 Å². The van der Waals surface area contributed by atoms with Crippen molar-refractivity contribution in [3.63, 3.8) is 0 Å². The molecule has 0 amide bonds. The third kappa shape index (κ3) is 6.06. The van der Waals surface area contributed by atoms with E-state index in [0.29, 0.717) is 44.5 Å². The first-order valence-corrected chi connectivity index (χ1v) is 14.5. The molecule has 0 spiro atoms. The molecular formula is C29H31IN2O6S. The first-order valence-electron chi connectivity index (χ1n) is 12.6. The highest BCUT2D eigenvalue weighted by atomic mass is 127. The largest absolute Gasteiger partial charge is 0.494 e. The minimum Gasteiger partial charge on any atom is -0.494 e. The van der Waals surface area contributed by atoms with E-state index in [1.165, 1.54) is 11.3 Å². The first-order chi connectivity index (χ1) is 18.7. The van der Waals surface area contributed by atoms with E-state index in [4.69, 9.17) is 18.9 Å². The number of carbonyl (C=O) groups is 1. The summed E-state index contributed by atoms with van der Waals surface area (Å²) in [5.41, 5.74) is 2.06. The zero-order chi connectivity index (χ0) is 28.3. The standard InChI is InChI=1S/C29H31IN2O6S/c1-7-36-21-11-9-18(10-12-21)25-24(28(34)37-8-2)17(5)31-29-32(25)27(33)23(39-29)14-19-13-20(30)15-22(35-6)26(19)38-16(3)4/h9-16,25H,7-8H2,1-6H3/b23-14-/t25-/m0/s1. The molecule has 8 nitrogen and oxygen atoms in total. The summed E-state index contributed by atoms with van der Waals surface area (Å²) in [5.74, 6) is 1.35. The number of halogens is 1. The first kappa shape index (κ1) is 28.9. The summed E-state index contributed by atoms with van der Waals surface area (Å²) in [4.78, 5) is 32.3. The Morgan fingerprint density at radius 1 is 1.18 bits per heavy atom. The van der Waals surface area contributed by atoms with E-state index in [0.717, 1.165) is 14.7 Å². The Kier molecular flexibility index (Phi) is 9.16. The average Bonchev–Trinajstić information content (AvgIpc) is 3.19. The molecule has 1 atom stereocenters. The van der Waals surface area contributed by atoms with Crippen LogP contribution in [0.5, 0.6) is 17.2 Å². The zero-order valence-electron chi connectivity index (χ0n) is 22.7. The second kappa shape index (κ2) is 12.4. The van der Waals surface area contributed by atoms with Crippen LogP contribution in [0.2, 0.25) is 0 Å². The lowest BCUT2D eigenvalue weighted by Crippen LogP contribution is -2.39. The highest BCUT2D eigenvalue weighted by Gasteiger charge is 2.33. The minimum absolute atomic E-state index is 0.0956. The Labute approximate surface area is 244 Å². The number of carbonyl (C=O) groups excluding carboxylic acids is 1. The van der Waals surface area contributed by atoms with Crippen LogP contribution in [0.3, 0.4) is 0 Å². The van der Waals surface area contributed by atoms with Crippen LogP contribution >= 0.6 is 33.9 Å². The van der Waals surface area contributed by atoms with Crippen LogP contribution in [0.25, 0.3) is 6.08 Å². The van der Waals surface area contributed by atoms with Gasteiger partial charge in [-0.1, -0.05) is 23.5 Å². The molecule has 1 aromatic heterocycles. The summed E-state index contributed by atoms with van der Waals surface area (Å²) in [6.07, 6.45) is 1.70. The van der Waals surface area contributed by atoms with Crippen molar-refractivity contribution < 1.29 is 23.7 Å². The fourth-order valence-electron chi connectivity index (χ4n) is 4.37. The van der Waals surface area contributed by atoms with Gasteiger partial charge in [-0.3, -0.25) is 9.36 Å². The quantitative estimate of drug-likeness (QED) is 0.246. The molecule has 0 aliphatic carbocycles. The molecule has 0 saturated heterocycles. The average molecular weight is 663 g/mol. The van der Waals surface area contributed by atoms with Crippen LogP contribution in [-0.4, -0.2) is 37.0 Å². The van der Waals surface area contributed by atoms with Crippen molar-refractivity contribution in [3.8, 4) is 17.2 Å². The van der Waals surface area contributed by atoms with E-state index in [1.54, 1.807) is 31.6 Å². The summed E-state index contributed by atoms with van der Waals surface area (Å²) >= 11 is 3.47. The van der Waals surface area contributed by atoms with Crippen molar-refractivity contribution in [1.29, 1.82) is 0 Å².